The summed E-state index contributed by atoms with van der Waals surface area (Å²) in [5.41, 5.74) is 4.31. The van der Waals surface area contributed by atoms with E-state index in [9.17, 15) is 4.79 Å². The highest BCUT2D eigenvalue weighted by atomic mass is 16.1. The van der Waals surface area contributed by atoms with Crippen molar-refractivity contribution in [1.29, 1.82) is 0 Å². The predicted molar refractivity (Wildman–Crippen MR) is 116 cm³/mol. The minimum absolute atomic E-state index is 0.198. The number of amides is 1. The largest absolute Gasteiger partial charge is 0.305 e. The lowest BCUT2D eigenvalue weighted by Gasteiger charge is -2.20. The van der Waals surface area contributed by atoms with Crippen LogP contribution in [0.15, 0.2) is 36.8 Å². The summed E-state index contributed by atoms with van der Waals surface area (Å²) in [6, 6.07) is 5.98. The number of nitrogens with zero attached hydrogens (tertiary/aromatic N) is 6. The molecule has 30 heavy (non-hydrogen) atoms. The fourth-order valence-electron chi connectivity index (χ4n) is 4.45. The zero-order chi connectivity index (χ0) is 20.8. The van der Waals surface area contributed by atoms with Gasteiger partial charge in [0.15, 0.2) is 5.65 Å². The summed E-state index contributed by atoms with van der Waals surface area (Å²) in [6.45, 7) is 6.30. The maximum Gasteiger partial charge on any atom is 0.256 e. The number of nitrogens with one attached hydrogen (secondary N) is 1. The first-order valence-electron chi connectivity index (χ1n) is 10.4. The Kier molecular flexibility index (Phi) is 4.51. The maximum absolute atomic E-state index is 12.8. The molecule has 1 unspecified atom stereocenters. The molecule has 0 aliphatic carbocycles. The maximum atomic E-state index is 12.8. The molecule has 1 N–H and O–H groups in total. The fraction of sp³-hybridized carbons (Fsp3) is 0.364. The van der Waals surface area contributed by atoms with E-state index in [1.807, 2.05) is 42.8 Å². The van der Waals surface area contributed by atoms with E-state index in [4.69, 9.17) is 4.98 Å². The van der Waals surface area contributed by atoms with E-state index in [2.05, 4.69) is 33.4 Å². The Morgan fingerprint density at radius 3 is 3.00 bits per heavy atom. The third-order valence-electron chi connectivity index (χ3n) is 6.01. The van der Waals surface area contributed by atoms with Gasteiger partial charge in [-0.15, -0.1) is 0 Å². The molecule has 1 atom stereocenters. The monoisotopic (exact) mass is 403 g/mol. The van der Waals surface area contributed by atoms with Gasteiger partial charge in [0.2, 0.25) is 0 Å². The van der Waals surface area contributed by atoms with E-state index in [0.29, 0.717) is 17.4 Å². The highest BCUT2D eigenvalue weighted by Gasteiger charge is 2.26. The smallest absolute Gasteiger partial charge is 0.256 e. The topological polar surface area (TPSA) is 80.4 Å². The van der Waals surface area contributed by atoms with Crippen LogP contribution in [0.5, 0.6) is 0 Å². The number of imidazole rings is 1. The number of benzene rings is 1. The van der Waals surface area contributed by atoms with Crippen molar-refractivity contribution in [3.63, 3.8) is 0 Å². The van der Waals surface area contributed by atoms with Crippen molar-refractivity contribution in [2.75, 3.05) is 18.4 Å². The Bertz CT molecular complexity index is 1260. The summed E-state index contributed by atoms with van der Waals surface area (Å²) in [7, 11) is 1.88. The highest BCUT2D eigenvalue weighted by molar-refractivity contribution is 6.05. The van der Waals surface area contributed by atoms with Crippen molar-refractivity contribution in [2.24, 2.45) is 7.05 Å². The van der Waals surface area contributed by atoms with E-state index >= 15 is 0 Å². The van der Waals surface area contributed by atoms with Crippen molar-refractivity contribution in [2.45, 2.75) is 32.7 Å². The number of hydrogen-bond donors (Lipinski definition) is 1. The molecule has 8 nitrogen and oxygen atoms in total. The van der Waals surface area contributed by atoms with Gasteiger partial charge in [0.05, 0.1) is 35.3 Å². The van der Waals surface area contributed by atoms with Crippen LogP contribution in [0.1, 0.15) is 47.6 Å². The molecule has 0 saturated carbocycles. The second-order valence-electron chi connectivity index (χ2n) is 7.89. The van der Waals surface area contributed by atoms with Crippen LogP contribution >= 0.6 is 0 Å². The Morgan fingerprint density at radius 2 is 2.17 bits per heavy atom. The van der Waals surface area contributed by atoms with Crippen LogP contribution in [0.4, 0.5) is 5.82 Å². The van der Waals surface area contributed by atoms with Crippen molar-refractivity contribution >= 4 is 28.3 Å². The van der Waals surface area contributed by atoms with Gasteiger partial charge in [-0.1, -0.05) is 13.0 Å². The zero-order valence-corrected chi connectivity index (χ0v) is 17.5. The van der Waals surface area contributed by atoms with Crippen LogP contribution < -0.4 is 5.32 Å². The Hall–Kier alpha value is -3.26. The van der Waals surface area contributed by atoms with Gasteiger partial charge in [-0.05, 0) is 45.0 Å². The number of likely N-dealkylation sites (tertiary alicyclic amines) is 1. The quantitative estimate of drug-likeness (QED) is 0.565. The van der Waals surface area contributed by atoms with E-state index in [-0.39, 0.29) is 5.91 Å². The number of rotatable bonds is 4. The van der Waals surface area contributed by atoms with Gasteiger partial charge in [-0.25, -0.2) is 9.97 Å². The zero-order valence-electron chi connectivity index (χ0n) is 17.5. The molecule has 1 aliphatic heterocycles. The first-order chi connectivity index (χ1) is 14.5. The lowest BCUT2D eigenvalue weighted by atomic mass is 10.1. The molecule has 0 bridgehead atoms. The molecule has 4 heterocycles. The normalized spacial score (nSPS) is 17.2. The molecule has 1 aliphatic rings. The molecular formula is C22H25N7O. The first-order valence-corrected chi connectivity index (χ1v) is 10.4. The minimum Gasteiger partial charge on any atom is -0.305 e. The van der Waals surface area contributed by atoms with Crippen molar-refractivity contribution < 1.29 is 4.79 Å². The molecule has 1 aromatic carbocycles. The van der Waals surface area contributed by atoms with Gasteiger partial charge in [0, 0.05) is 24.2 Å². The molecule has 0 spiro atoms. The fourth-order valence-corrected chi connectivity index (χ4v) is 4.45. The Balaban J connectivity index is 1.40. The molecule has 5 rings (SSSR count). The van der Waals surface area contributed by atoms with E-state index in [1.165, 1.54) is 6.42 Å². The number of carbonyl (C=O) groups excluding carboxylic acids is 1. The van der Waals surface area contributed by atoms with Crippen LogP contribution in [0.2, 0.25) is 0 Å². The van der Waals surface area contributed by atoms with Gasteiger partial charge in [-0.3, -0.25) is 14.4 Å². The van der Waals surface area contributed by atoms with Crippen molar-refractivity contribution in [1.82, 2.24) is 29.0 Å². The molecule has 1 fully saturated rings. The summed E-state index contributed by atoms with van der Waals surface area (Å²) < 4.78 is 3.74. The SMILES string of the molecule is CCN1CCCC1c1cn2cc(NC(=O)c3ccc4c(C)nn(C)c4c3)ncc2n1. The summed E-state index contributed by atoms with van der Waals surface area (Å²) in [4.78, 5) is 24.4. The van der Waals surface area contributed by atoms with Crippen LogP contribution in [0.25, 0.3) is 16.6 Å². The number of hydrogen-bond acceptors (Lipinski definition) is 5. The lowest BCUT2D eigenvalue weighted by Crippen LogP contribution is -2.22. The van der Waals surface area contributed by atoms with E-state index < -0.39 is 0 Å². The Labute approximate surface area is 174 Å². The molecule has 8 heteroatoms. The molecule has 4 aromatic rings. The lowest BCUT2D eigenvalue weighted by molar-refractivity contribution is 0.102. The second kappa shape index (κ2) is 7.21. The number of aryl methyl sites for hydroxylation is 2. The third kappa shape index (κ3) is 3.13. The van der Waals surface area contributed by atoms with Crippen LogP contribution in [0.3, 0.4) is 0 Å². The first kappa shape index (κ1) is 18.7. The van der Waals surface area contributed by atoms with Gasteiger partial charge in [0.1, 0.15) is 5.82 Å². The predicted octanol–water partition coefficient (Wildman–Crippen LogP) is 3.33. The van der Waals surface area contributed by atoms with E-state index in [1.54, 1.807) is 10.9 Å². The van der Waals surface area contributed by atoms with Crippen LogP contribution in [-0.4, -0.2) is 48.0 Å². The molecule has 154 valence electrons. The average Bonchev–Trinajstić information content (AvgIpc) is 3.44. The average molecular weight is 403 g/mol. The van der Waals surface area contributed by atoms with Gasteiger partial charge >= 0.3 is 0 Å². The van der Waals surface area contributed by atoms with Gasteiger partial charge in [0.25, 0.3) is 5.91 Å². The minimum atomic E-state index is -0.198. The molecule has 3 aromatic heterocycles. The summed E-state index contributed by atoms with van der Waals surface area (Å²) in [5, 5.41) is 8.36. The number of aromatic nitrogens is 5. The van der Waals surface area contributed by atoms with Crippen LogP contribution in [0, 0.1) is 6.92 Å². The molecular weight excluding hydrogens is 378 g/mol. The van der Waals surface area contributed by atoms with Crippen molar-refractivity contribution in [3.05, 3.63) is 53.7 Å². The van der Waals surface area contributed by atoms with Gasteiger partial charge in [-0.2, -0.15) is 5.10 Å². The standard InChI is InChI=1S/C22H25N7O/c1-4-28-9-5-6-18(28)17-12-29-13-20(23-11-21(29)24-17)25-22(30)15-7-8-16-14(2)26-27(3)19(16)10-15/h7-8,10-13,18H,4-6,9H2,1-3H3,(H,25,30). The number of anilines is 1. The molecule has 0 radical (unpaired) electrons. The Morgan fingerprint density at radius 1 is 1.30 bits per heavy atom. The van der Waals surface area contributed by atoms with Gasteiger partial charge < -0.3 is 9.72 Å². The summed E-state index contributed by atoms with van der Waals surface area (Å²) in [6.07, 6.45) is 7.91. The second-order valence-corrected chi connectivity index (χ2v) is 7.89. The van der Waals surface area contributed by atoms with E-state index in [0.717, 1.165) is 47.4 Å². The van der Waals surface area contributed by atoms with Crippen molar-refractivity contribution in [3.8, 4) is 0 Å². The summed E-state index contributed by atoms with van der Waals surface area (Å²) in [5.74, 6) is 0.299. The highest BCUT2D eigenvalue weighted by Crippen LogP contribution is 2.31. The van der Waals surface area contributed by atoms with Crippen LogP contribution in [-0.2, 0) is 7.05 Å². The number of fused-ring (bicyclic) bond motifs is 2. The summed E-state index contributed by atoms with van der Waals surface area (Å²) >= 11 is 0. The molecule has 1 saturated heterocycles. The number of carbonyl (C=O) groups is 1. The third-order valence-corrected chi connectivity index (χ3v) is 6.01. The molecule has 1 amide bonds.